The largest absolute Gasteiger partial charge is 0.433 e. The molecule has 0 atom stereocenters. The van der Waals surface area contributed by atoms with Crippen LogP contribution >= 0.6 is 0 Å². The number of pyridine rings is 1. The van der Waals surface area contributed by atoms with Gasteiger partial charge >= 0.3 is 6.18 Å². The Labute approximate surface area is 119 Å². The average Bonchev–Trinajstić information content (AvgIpc) is 2.25. The molecule has 0 aromatic carbocycles. The van der Waals surface area contributed by atoms with Crippen LogP contribution in [0.4, 0.5) is 19.0 Å². The molecule has 0 spiro atoms. The highest BCUT2D eigenvalue weighted by Crippen LogP contribution is 2.44. The Kier molecular flexibility index (Phi) is 4.14. The fourth-order valence-electron chi connectivity index (χ4n) is 1.84. The zero-order valence-corrected chi connectivity index (χ0v) is 13.2. The first-order chi connectivity index (χ1) is 8.78. The van der Waals surface area contributed by atoms with Crippen LogP contribution in [0.15, 0.2) is 12.1 Å². The van der Waals surface area contributed by atoms with Gasteiger partial charge in [-0.3, -0.25) is 0 Å². The summed E-state index contributed by atoms with van der Waals surface area (Å²) in [6.45, 7) is 10.3. The highest BCUT2D eigenvalue weighted by molar-refractivity contribution is 5.51. The van der Waals surface area contributed by atoms with Gasteiger partial charge in [0.2, 0.25) is 0 Å². The van der Waals surface area contributed by atoms with E-state index in [4.69, 9.17) is 0 Å². The van der Waals surface area contributed by atoms with Crippen molar-refractivity contribution in [3.8, 4) is 0 Å². The number of alkyl halides is 3. The minimum Gasteiger partial charge on any atom is -0.362 e. The Morgan fingerprint density at radius 2 is 1.45 bits per heavy atom. The molecule has 0 radical (unpaired) electrons. The molecule has 0 aliphatic heterocycles. The first-order valence-corrected chi connectivity index (χ1v) is 6.54. The Morgan fingerprint density at radius 1 is 0.950 bits per heavy atom. The molecular formula is C15H23F3N2. The lowest BCUT2D eigenvalue weighted by Gasteiger charge is -2.41. The molecule has 0 N–H and O–H groups in total. The second-order valence-electron chi connectivity index (χ2n) is 6.83. The van der Waals surface area contributed by atoms with E-state index in [9.17, 15) is 13.2 Å². The van der Waals surface area contributed by atoms with Crippen LogP contribution in [0.5, 0.6) is 0 Å². The molecule has 0 bridgehead atoms. The molecule has 0 saturated carbocycles. The average molecular weight is 288 g/mol. The maximum Gasteiger partial charge on any atom is 0.433 e. The molecule has 0 saturated heterocycles. The molecule has 0 aliphatic carbocycles. The molecular weight excluding hydrogens is 265 g/mol. The van der Waals surface area contributed by atoms with Crippen molar-refractivity contribution in [3.05, 3.63) is 23.4 Å². The molecule has 20 heavy (non-hydrogen) atoms. The highest BCUT2D eigenvalue weighted by atomic mass is 19.4. The summed E-state index contributed by atoms with van der Waals surface area (Å²) in [6, 6.07) is 2.62. The minimum atomic E-state index is -4.42. The number of anilines is 1. The number of rotatable bonds is 2. The summed E-state index contributed by atoms with van der Waals surface area (Å²) < 4.78 is 38.4. The van der Waals surface area contributed by atoms with E-state index in [1.165, 1.54) is 0 Å². The van der Waals surface area contributed by atoms with Crippen molar-refractivity contribution in [2.75, 3.05) is 19.0 Å². The van der Waals surface area contributed by atoms with Crippen molar-refractivity contribution in [3.63, 3.8) is 0 Å². The lowest BCUT2D eigenvalue weighted by Crippen LogP contribution is -2.36. The normalized spacial score (nSPS) is 13.5. The lowest BCUT2D eigenvalue weighted by molar-refractivity contribution is -0.141. The molecule has 5 heteroatoms. The Balaban J connectivity index is 3.50. The van der Waals surface area contributed by atoms with Gasteiger partial charge in [0.25, 0.3) is 0 Å². The number of hydrogen-bond acceptors (Lipinski definition) is 2. The summed E-state index contributed by atoms with van der Waals surface area (Å²) in [5.41, 5.74) is -0.430. The van der Waals surface area contributed by atoms with Gasteiger partial charge in [-0.1, -0.05) is 40.7 Å². The van der Waals surface area contributed by atoms with Gasteiger partial charge in [-0.15, -0.1) is 0 Å². The third-order valence-electron chi connectivity index (χ3n) is 4.14. The van der Waals surface area contributed by atoms with Crippen LogP contribution in [0, 0.1) is 5.41 Å². The molecule has 2 nitrogen and oxygen atoms in total. The van der Waals surface area contributed by atoms with Crippen LogP contribution in [-0.4, -0.2) is 19.1 Å². The molecule has 0 fully saturated rings. The minimum absolute atomic E-state index is 0.0980. The Hall–Kier alpha value is -1.26. The number of halogens is 3. The standard InChI is InChI=1S/C15H23F3N2/c1-13(2,3)14(4,5)10-8-9-11(15(16,17)18)19-12(10)20(6)7/h8-9H,1-7H3. The zero-order valence-electron chi connectivity index (χ0n) is 13.2. The third-order valence-corrected chi connectivity index (χ3v) is 4.14. The van der Waals surface area contributed by atoms with Gasteiger partial charge in [-0.25, -0.2) is 4.98 Å². The second-order valence-corrected chi connectivity index (χ2v) is 6.83. The van der Waals surface area contributed by atoms with Crippen LogP contribution in [0.25, 0.3) is 0 Å². The van der Waals surface area contributed by atoms with Gasteiger partial charge in [0, 0.05) is 19.7 Å². The van der Waals surface area contributed by atoms with Crippen LogP contribution < -0.4 is 4.90 Å². The molecule has 1 aromatic heterocycles. The van der Waals surface area contributed by atoms with Crippen molar-refractivity contribution in [2.24, 2.45) is 5.41 Å². The van der Waals surface area contributed by atoms with Crippen LogP contribution in [0.3, 0.4) is 0 Å². The van der Waals surface area contributed by atoms with Gasteiger partial charge in [0.15, 0.2) is 0 Å². The summed E-state index contributed by atoms with van der Waals surface area (Å²) >= 11 is 0. The summed E-state index contributed by atoms with van der Waals surface area (Å²) in [5, 5.41) is 0. The maximum absolute atomic E-state index is 12.8. The van der Waals surface area contributed by atoms with Crippen LogP contribution in [-0.2, 0) is 11.6 Å². The molecule has 0 unspecified atom stereocenters. The zero-order chi connectivity index (χ0) is 15.9. The van der Waals surface area contributed by atoms with Crippen LogP contribution in [0.1, 0.15) is 45.9 Å². The van der Waals surface area contributed by atoms with Gasteiger partial charge in [0.1, 0.15) is 11.5 Å². The number of hydrogen-bond donors (Lipinski definition) is 0. The van der Waals surface area contributed by atoms with E-state index in [-0.39, 0.29) is 10.8 Å². The molecule has 0 aliphatic rings. The molecule has 1 aromatic rings. The van der Waals surface area contributed by atoms with E-state index < -0.39 is 11.9 Å². The van der Waals surface area contributed by atoms with E-state index in [1.54, 1.807) is 25.1 Å². The van der Waals surface area contributed by atoms with Gasteiger partial charge in [-0.05, 0) is 16.9 Å². The van der Waals surface area contributed by atoms with E-state index in [1.807, 2.05) is 13.8 Å². The predicted octanol–water partition coefficient (Wildman–Crippen LogP) is 4.49. The van der Waals surface area contributed by atoms with Gasteiger partial charge in [0.05, 0.1) is 0 Å². The van der Waals surface area contributed by atoms with E-state index in [0.29, 0.717) is 5.82 Å². The number of aromatic nitrogens is 1. The first-order valence-electron chi connectivity index (χ1n) is 6.54. The first kappa shape index (κ1) is 16.8. The summed E-state index contributed by atoms with van der Waals surface area (Å²) in [5.74, 6) is 0.375. The quantitative estimate of drug-likeness (QED) is 0.797. The topological polar surface area (TPSA) is 16.1 Å². The van der Waals surface area contributed by atoms with Crippen molar-refractivity contribution in [1.82, 2.24) is 4.98 Å². The molecule has 1 heterocycles. The van der Waals surface area contributed by atoms with Crippen molar-refractivity contribution < 1.29 is 13.2 Å². The van der Waals surface area contributed by atoms with Crippen molar-refractivity contribution in [1.29, 1.82) is 0 Å². The molecule has 1 rings (SSSR count). The van der Waals surface area contributed by atoms with E-state index in [0.717, 1.165) is 11.6 Å². The smallest absolute Gasteiger partial charge is 0.362 e. The third kappa shape index (κ3) is 3.07. The maximum atomic E-state index is 12.8. The van der Waals surface area contributed by atoms with E-state index in [2.05, 4.69) is 25.8 Å². The molecule has 0 amide bonds. The van der Waals surface area contributed by atoms with Crippen molar-refractivity contribution >= 4 is 5.82 Å². The van der Waals surface area contributed by atoms with E-state index >= 15 is 0 Å². The van der Waals surface area contributed by atoms with Gasteiger partial charge in [-0.2, -0.15) is 13.2 Å². The second kappa shape index (κ2) is 4.93. The summed E-state index contributed by atoms with van der Waals surface area (Å²) in [7, 11) is 3.43. The lowest BCUT2D eigenvalue weighted by atomic mass is 9.65. The molecule has 114 valence electrons. The highest BCUT2D eigenvalue weighted by Gasteiger charge is 2.39. The predicted molar refractivity (Wildman–Crippen MR) is 76.0 cm³/mol. The van der Waals surface area contributed by atoms with Crippen LogP contribution in [0.2, 0.25) is 0 Å². The van der Waals surface area contributed by atoms with Gasteiger partial charge < -0.3 is 4.90 Å². The fraction of sp³-hybridized carbons (Fsp3) is 0.667. The Bertz CT molecular complexity index is 483. The summed E-state index contributed by atoms with van der Waals surface area (Å²) in [6.07, 6.45) is -4.42. The monoisotopic (exact) mass is 288 g/mol. The summed E-state index contributed by atoms with van der Waals surface area (Å²) in [4.78, 5) is 5.46. The number of nitrogens with zero attached hydrogens (tertiary/aromatic N) is 2. The SMILES string of the molecule is CN(C)c1nc(C(F)(F)F)ccc1C(C)(C)C(C)(C)C. The van der Waals surface area contributed by atoms with Crippen molar-refractivity contribution in [2.45, 2.75) is 46.2 Å². The fourth-order valence-corrected chi connectivity index (χ4v) is 1.84. The Morgan fingerprint density at radius 3 is 1.80 bits per heavy atom.